The third kappa shape index (κ3) is 4.55. The van der Waals surface area contributed by atoms with Gasteiger partial charge in [0.15, 0.2) is 8.07 Å². The molecule has 0 aliphatic heterocycles. The maximum Gasteiger partial charge on any atom is 0.180 e. The molecular formula is C44H29N3Si. The predicted octanol–water partition coefficient (Wildman–Crippen LogP) is 7.57. The van der Waals surface area contributed by atoms with Crippen LogP contribution < -0.4 is 20.7 Å². The van der Waals surface area contributed by atoms with E-state index in [0.717, 1.165) is 33.0 Å². The van der Waals surface area contributed by atoms with E-state index in [-0.39, 0.29) is 0 Å². The zero-order valence-electron chi connectivity index (χ0n) is 26.1. The van der Waals surface area contributed by atoms with Gasteiger partial charge in [-0.2, -0.15) is 10.5 Å². The number of nitrogens with zero attached hydrogens (tertiary/aromatic N) is 3. The molecule has 0 radical (unpaired) electrons. The van der Waals surface area contributed by atoms with Crippen LogP contribution in [0.25, 0.3) is 38.6 Å². The fraction of sp³-hybridized carbons (Fsp3) is 0. The van der Waals surface area contributed by atoms with Crippen LogP contribution in [-0.2, 0) is 0 Å². The molecule has 0 spiro atoms. The van der Waals surface area contributed by atoms with E-state index in [1.807, 2.05) is 30.3 Å². The summed E-state index contributed by atoms with van der Waals surface area (Å²) in [6.07, 6.45) is 0. The first-order chi connectivity index (χ1) is 23.7. The van der Waals surface area contributed by atoms with Crippen LogP contribution in [0.2, 0.25) is 0 Å². The van der Waals surface area contributed by atoms with Crippen LogP contribution in [-0.4, -0.2) is 12.6 Å². The fourth-order valence-electron chi connectivity index (χ4n) is 7.38. The topological polar surface area (TPSA) is 52.5 Å². The second-order valence-electron chi connectivity index (χ2n) is 11.9. The first kappa shape index (κ1) is 29.0. The Hall–Kier alpha value is -6.46. The third-order valence-corrected chi connectivity index (χ3v) is 14.2. The molecule has 0 unspecified atom stereocenters. The lowest BCUT2D eigenvalue weighted by atomic mass is 9.99. The number of rotatable bonds is 6. The Bertz CT molecular complexity index is 2370. The van der Waals surface area contributed by atoms with E-state index in [9.17, 15) is 10.5 Å². The van der Waals surface area contributed by atoms with Crippen LogP contribution in [0.3, 0.4) is 0 Å². The molecule has 0 amide bonds. The van der Waals surface area contributed by atoms with E-state index in [1.54, 1.807) is 0 Å². The van der Waals surface area contributed by atoms with Crippen LogP contribution in [0.5, 0.6) is 0 Å². The van der Waals surface area contributed by atoms with Gasteiger partial charge in [-0.25, -0.2) is 0 Å². The third-order valence-electron chi connectivity index (χ3n) is 9.42. The van der Waals surface area contributed by atoms with E-state index < -0.39 is 8.07 Å². The van der Waals surface area contributed by atoms with Gasteiger partial charge < -0.3 is 4.57 Å². The Balaban J connectivity index is 1.49. The SMILES string of the molecule is N#Cc1cc(-c2cccc(-n3c4ccccc4c4ccccc43)c2)c([Si](c2ccccc2)(c2ccccc2)c2ccccc2)cc1C#N. The Morgan fingerprint density at radius 3 is 1.40 bits per heavy atom. The molecule has 3 nitrogen and oxygen atoms in total. The Morgan fingerprint density at radius 1 is 0.438 bits per heavy atom. The molecule has 0 N–H and O–H groups in total. The van der Waals surface area contributed by atoms with Gasteiger partial charge in [0.1, 0.15) is 12.1 Å². The van der Waals surface area contributed by atoms with Crippen molar-refractivity contribution in [1.82, 2.24) is 4.57 Å². The molecule has 7 aromatic carbocycles. The molecule has 224 valence electrons. The number of aromatic nitrogens is 1. The molecule has 8 rings (SSSR count). The highest BCUT2D eigenvalue weighted by Crippen LogP contribution is 2.33. The van der Waals surface area contributed by atoms with Crippen molar-refractivity contribution < 1.29 is 0 Å². The minimum atomic E-state index is -3.05. The molecule has 0 aliphatic carbocycles. The average molecular weight is 628 g/mol. The maximum atomic E-state index is 10.4. The number of hydrogen-bond acceptors (Lipinski definition) is 2. The normalized spacial score (nSPS) is 11.3. The number of benzene rings is 7. The molecule has 4 heteroatoms. The maximum absolute atomic E-state index is 10.4. The molecule has 0 saturated carbocycles. The zero-order valence-corrected chi connectivity index (χ0v) is 27.1. The van der Waals surface area contributed by atoms with Gasteiger partial charge in [0.05, 0.1) is 22.2 Å². The largest absolute Gasteiger partial charge is 0.309 e. The van der Waals surface area contributed by atoms with Crippen molar-refractivity contribution in [2.24, 2.45) is 0 Å². The molecule has 0 saturated heterocycles. The van der Waals surface area contributed by atoms with E-state index in [2.05, 4.69) is 162 Å². The Labute approximate surface area is 280 Å². The molecule has 0 bridgehead atoms. The predicted molar refractivity (Wildman–Crippen MR) is 199 cm³/mol. The van der Waals surface area contributed by atoms with Crippen molar-refractivity contribution in [3.63, 3.8) is 0 Å². The van der Waals surface area contributed by atoms with Crippen LogP contribution >= 0.6 is 0 Å². The summed E-state index contributed by atoms with van der Waals surface area (Å²) < 4.78 is 2.32. The molecule has 8 aromatic rings. The quantitative estimate of drug-likeness (QED) is 0.141. The summed E-state index contributed by atoms with van der Waals surface area (Å²) >= 11 is 0. The molecule has 0 aliphatic rings. The van der Waals surface area contributed by atoms with E-state index in [1.165, 1.54) is 26.3 Å². The Morgan fingerprint density at radius 2 is 0.896 bits per heavy atom. The highest BCUT2D eigenvalue weighted by atomic mass is 28.3. The molecular weight excluding hydrogens is 599 g/mol. The molecule has 1 heterocycles. The molecule has 48 heavy (non-hydrogen) atoms. The number of fused-ring (bicyclic) bond motifs is 3. The fourth-order valence-corrected chi connectivity index (χ4v) is 12.4. The van der Waals surface area contributed by atoms with Crippen LogP contribution in [0.4, 0.5) is 0 Å². The molecule has 1 aromatic heterocycles. The first-order valence-electron chi connectivity index (χ1n) is 16.0. The highest BCUT2D eigenvalue weighted by molar-refractivity contribution is 7.20. The van der Waals surface area contributed by atoms with Crippen molar-refractivity contribution in [3.8, 4) is 29.0 Å². The summed E-state index contributed by atoms with van der Waals surface area (Å²) in [6.45, 7) is 0. The standard InChI is InChI=1S/C44H29N3Si/c45-30-33-28-41(32-15-14-16-35(27-32)47-42-25-12-10-23-39(42)40-24-11-13-26-43(40)47)44(29-34(33)31-46)48(36-17-4-1-5-18-36,37-19-6-2-7-20-37)38-21-8-3-9-22-38/h1-29H. The number of nitriles is 2. The number of para-hydroxylation sites is 2. The monoisotopic (exact) mass is 627 g/mol. The van der Waals surface area contributed by atoms with Gasteiger partial charge in [0.25, 0.3) is 0 Å². The number of hydrogen-bond donors (Lipinski definition) is 0. The summed E-state index contributed by atoms with van der Waals surface area (Å²) in [5.41, 5.74) is 6.00. The van der Waals surface area contributed by atoms with Gasteiger partial charge in [-0.05, 0) is 68.3 Å². The van der Waals surface area contributed by atoms with Gasteiger partial charge in [0.2, 0.25) is 0 Å². The second kappa shape index (κ2) is 12.0. The minimum absolute atomic E-state index is 0.371. The van der Waals surface area contributed by atoms with Crippen molar-refractivity contribution in [2.75, 3.05) is 0 Å². The van der Waals surface area contributed by atoms with Crippen molar-refractivity contribution >= 4 is 50.6 Å². The van der Waals surface area contributed by atoms with E-state index >= 15 is 0 Å². The van der Waals surface area contributed by atoms with Gasteiger partial charge in [-0.3, -0.25) is 0 Å². The van der Waals surface area contributed by atoms with E-state index in [4.69, 9.17) is 0 Å². The van der Waals surface area contributed by atoms with Gasteiger partial charge >= 0.3 is 0 Å². The minimum Gasteiger partial charge on any atom is -0.309 e. The van der Waals surface area contributed by atoms with Gasteiger partial charge in [-0.15, -0.1) is 0 Å². The first-order valence-corrected chi connectivity index (χ1v) is 18.0. The lowest BCUT2D eigenvalue weighted by molar-refractivity contribution is 1.18. The van der Waals surface area contributed by atoms with Crippen molar-refractivity contribution in [3.05, 3.63) is 187 Å². The van der Waals surface area contributed by atoms with Crippen molar-refractivity contribution in [1.29, 1.82) is 10.5 Å². The summed E-state index contributed by atoms with van der Waals surface area (Å²) in [5.74, 6) is 0. The van der Waals surface area contributed by atoms with Gasteiger partial charge in [-0.1, -0.05) is 140 Å². The van der Waals surface area contributed by atoms with Crippen LogP contribution in [0.1, 0.15) is 11.1 Å². The molecule has 0 atom stereocenters. The van der Waals surface area contributed by atoms with Crippen LogP contribution in [0, 0.1) is 22.7 Å². The average Bonchev–Trinajstić information content (AvgIpc) is 3.51. The lowest BCUT2D eigenvalue weighted by Gasteiger charge is -2.36. The zero-order chi connectivity index (χ0) is 32.5. The van der Waals surface area contributed by atoms with Gasteiger partial charge in [0, 0.05) is 16.5 Å². The summed E-state index contributed by atoms with van der Waals surface area (Å²) in [7, 11) is -3.05. The van der Waals surface area contributed by atoms with E-state index in [0.29, 0.717) is 11.1 Å². The Kier molecular flexibility index (Phi) is 7.27. The summed E-state index contributed by atoms with van der Waals surface area (Å²) in [4.78, 5) is 0. The van der Waals surface area contributed by atoms with Crippen molar-refractivity contribution in [2.45, 2.75) is 0 Å². The summed E-state index contributed by atoms with van der Waals surface area (Å²) in [6, 6.07) is 66.3. The lowest BCUT2D eigenvalue weighted by Crippen LogP contribution is -2.75. The second-order valence-corrected chi connectivity index (χ2v) is 15.7. The smallest absolute Gasteiger partial charge is 0.180 e. The molecule has 0 fully saturated rings. The van der Waals surface area contributed by atoms with Crippen LogP contribution in [0.15, 0.2) is 176 Å². The highest BCUT2D eigenvalue weighted by Gasteiger charge is 2.43. The summed E-state index contributed by atoms with van der Waals surface area (Å²) in [5, 5.41) is 27.8.